The van der Waals surface area contributed by atoms with E-state index in [0.29, 0.717) is 17.9 Å². The molecule has 1 fully saturated rings. The number of rotatable bonds is 6. The van der Waals surface area contributed by atoms with Crippen LogP contribution in [-0.2, 0) is 9.53 Å². The van der Waals surface area contributed by atoms with Gasteiger partial charge in [-0.25, -0.2) is 4.79 Å². The molecule has 2 rings (SSSR count). The minimum Gasteiger partial charge on any atom is -0.465 e. The molecule has 0 radical (unpaired) electrons. The summed E-state index contributed by atoms with van der Waals surface area (Å²) in [5.74, 6) is -1.03. The van der Waals surface area contributed by atoms with Gasteiger partial charge >= 0.3 is 5.97 Å². The van der Waals surface area contributed by atoms with Gasteiger partial charge in [0.25, 0.3) is 5.91 Å². The van der Waals surface area contributed by atoms with Crippen LogP contribution in [0.5, 0.6) is 0 Å². The number of nitrogens with two attached hydrogens (primary N) is 1. The SMILES string of the molecule is COC(=O)c1cccc(C(=O)N[C@@H](CC2CC2)C(N)=O)c1. The summed E-state index contributed by atoms with van der Waals surface area (Å²) in [5.41, 5.74) is 5.88. The second-order valence-corrected chi connectivity index (χ2v) is 5.18. The zero-order valence-corrected chi connectivity index (χ0v) is 11.8. The first-order valence-electron chi connectivity index (χ1n) is 6.80. The number of carbonyl (C=O) groups is 3. The fourth-order valence-electron chi connectivity index (χ4n) is 2.08. The molecule has 112 valence electrons. The molecule has 0 bridgehead atoms. The maximum absolute atomic E-state index is 12.2. The second-order valence-electron chi connectivity index (χ2n) is 5.18. The average molecular weight is 290 g/mol. The van der Waals surface area contributed by atoms with E-state index in [0.717, 1.165) is 12.8 Å². The molecule has 1 aliphatic carbocycles. The van der Waals surface area contributed by atoms with Crippen molar-refractivity contribution in [2.45, 2.75) is 25.3 Å². The number of nitrogens with one attached hydrogen (secondary N) is 1. The van der Waals surface area contributed by atoms with Gasteiger partial charge in [-0.05, 0) is 30.5 Å². The van der Waals surface area contributed by atoms with Crippen LogP contribution in [0, 0.1) is 5.92 Å². The highest BCUT2D eigenvalue weighted by molar-refractivity contribution is 5.99. The van der Waals surface area contributed by atoms with Crippen molar-refractivity contribution >= 4 is 17.8 Å². The predicted octanol–water partition coefficient (Wildman–Crippen LogP) is 0.857. The summed E-state index contributed by atoms with van der Waals surface area (Å²) < 4.78 is 4.61. The molecule has 1 aromatic carbocycles. The summed E-state index contributed by atoms with van der Waals surface area (Å²) in [7, 11) is 1.27. The summed E-state index contributed by atoms with van der Waals surface area (Å²) in [6.07, 6.45) is 2.70. The van der Waals surface area contributed by atoms with Crippen LogP contribution < -0.4 is 11.1 Å². The van der Waals surface area contributed by atoms with Crippen molar-refractivity contribution in [3.63, 3.8) is 0 Å². The maximum Gasteiger partial charge on any atom is 0.337 e. The van der Waals surface area contributed by atoms with E-state index < -0.39 is 23.8 Å². The van der Waals surface area contributed by atoms with Gasteiger partial charge in [-0.1, -0.05) is 18.9 Å². The lowest BCUT2D eigenvalue weighted by atomic mass is 10.1. The van der Waals surface area contributed by atoms with Gasteiger partial charge in [0, 0.05) is 5.56 Å². The lowest BCUT2D eigenvalue weighted by molar-refractivity contribution is -0.120. The third-order valence-electron chi connectivity index (χ3n) is 3.46. The monoisotopic (exact) mass is 290 g/mol. The Bertz CT molecular complexity index is 567. The fourth-order valence-corrected chi connectivity index (χ4v) is 2.08. The van der Waals surface area contributed by atoms with Gasteiger partial charge in [0.15, 0.2) is 0 Å². The van der Waals surface area contributed by atoms with Gasteiger partial charge in [0.05, 0.1) is 12.7 Å². The lowest BCUT2D eigenvalue weighted by Gasteiger charge is -2.15. The van der Waals surface area contributed by atoms with Crippen LogP contribution in [0.1, 0.15) is 40.0 Å². The Morgan fingerprint density at radius 1 is 1.33 bits per heavy atom. The van der Waals surface area contributed by atoms with Crippen molar-refractivity contribution in [3.8, 4) is 0 Å². The van der Waals surface area contributed by atoms with Crippen LogP contribution in [-0.4, -0.2) is 30.9 Å². The standard InChI is InChI=1S/C15H18N2O4/c1-21-15(20)11-4-2-3-10(8-11)14(19)17-12(13(16)18)7-9-5-6-9/h2-4,8-9,12H,5-7H2,1H3,(H2,16,18)(H,17,19)/t12-/m0/s1. The molecule has 3 N–H and O–H groups in total. The van der Waals surface area contributed by atoms with E-state index in [9.17, 15) is 14.4 Å². The largest absolute Gasteiger partial charge is 0.465 e. The number of hydrogen-bond donors (Lipinski definition) is 2. The Balaban J connectivity index is 2.07. The predicted molar refractivity (Wildman–Crippen MR) is 75.6 cm³/mol. The zero-order chi connectivity index (χ0) is 15.4. The Kier molecular flexibility index (Phi) is 4.57. The van der Waals surface area contributed by atoms with Crippen LogP contribution >= 0.6 is 0 Å². The molecule has 1 aromatic rings. The average Bonchev–Trinajstić information content (AvgIpc) is 3.29. The first-order valence-corrected chi connectivity index (χ1v) is 6.80. The molecular weight excluding hydrogens is 272 g/mol. The van der Waals surface area contributed by atoms with Crippen LogP contribution in [0.15, 0.2) is 24.3 Å². The highest BCUT2D eigenvalue weighted by Crippen LogP contribution is 2.33. The Morgan fingerprint density at radius 2 is 2.00 bits per heavy atom. The van der Waals surface area contributed by atoms with Crippen LogP contribution in [0.2, 0.25) is 0 Å². The topological polar surface area (TPSA) is 98.5 Å². The fraction of sp³-hybridized carbons (Fsp3) is 0.400. The molecule has 0 saturated heterocycles. The number of methoxy groups -OCH3 is 1. The lowest BCUT2D eigenvalue weighted by Crippen LogP contribution is -2.44. The van der Waals surface area contributed by atoms with E-state index >= 15 is 0 Å². The van der Waals surface area contributed by atoms with Crippen molar-refractivity contribution in [1.29, 1.82) is 0 Å². The summed E-state index contributed by atoms with van der Waals surface area (Å²) in [5, 5.41) is 2.62. The van der Waals surface area contributed by atoms with Crippen molar-refractivity contribution in [3.05, 3.63) is 35.4 Å². The van der Waals surface area contributed by atoms with Crippen molar-refractivity contribution in [1.82, 2.24) is 5.32 Å². The Labute approximate surface area is 122 Å². The van der Waals surface area contributed by atoms with Crippen LogP contribution in [0.25, 0.3) is 0 Å². The molecule has 1 aliphatic rings. The molecule has 2 amide bonds. The number of amides is 2. The van der Waals surface area contributed by atoms with Crippen molar-refractivity contribution < 1.29 is 19.1 Å². The molecule has 21 heavy (non-hydrogen) atoms. The molecule has 1 saturated carbocycles. The third-order valence-corrected chi connectivity index (χ3v) is 3.46. The quantitative estimate of drug-likeness (QED) is 0.759. The summed E-state index contributed by atoms with van der Waals surface area (Å²) in [6.45, 7) is 0. The number of ether oxygens (including phenoxy) is 1. The summed E-state index contributed by atoms with van der Waals surface area (Å²) >= 11 is 0. The van der Waals surface area contributed by atoms with E-state index in [4.69, 9.17) is 5.73 Å². The normalized spacial score (nSPS) is 15.1. The summed E-state index contributed by atoms with van der Waals surface area (Å²) in [6, 6.07) is 5.46. The number of hydrogen-bond acceptors (Lipinski definition) is 4. The molecule has 0 aromatic heterocycles. The van der Waals surface area contributed by atoms with Gasteiger partial charge in [-0.3, -0.25) is 9.59 Å². The van der Waals surface area contributed by atoms with Crippen molar-refractivity contribution in [2.75, 3.05) is 7.11 Å². The number of primary amides is 1. The van der Waals surface area contributed by atoms with E-state index in [2.05, 4.69) is 10.1 Å². The Hall–Kier alpha value is -2.37. The molecular formula is C15H18N2O4. The first-order chi connectivity index (χ1) is 10.0. The van der Waals surface area contributed by atoms with E-state index in [1.165, 1.54) is 13.2 Å². The molecule has 0 aliphatic heterocycles. The minimum absolute atomic E-state index is 0.281. The molecule has 0 spiro atoms. The zero-order valence-electron chi connectivity index (χ0n) is 11.8. The second kappa shape index (κ2) is 6.39. The van der Waals surface area contributed by atoms with Crippen molar-refractivity contribution in [2.24, 2.45) is 11.7 Å². The van der Waals surface area contributed by atoms with Gasteiger partial charge in [-0.15, -0.1) is 0 Å². The van der Waals surface area contributed by atoms with Crippen LogP contribution in [0.4, 0.5) is 0 Å². The molecule has 6 nitrogen and oxygen atoms in total. The summed E-state index contributed by atoms with van der Waals surface area (Å²) in [4.78, 5) is 35.0. The van der Waals surface area contributed by atoms with Gasteiger partial charge < -0.3 is 15.8 Å². The number of benzene rings is 1. The number of esters is 1. The molecule has 0 unspecified atom stereocenters. The van der Waals surface area contributed by atoms with E-state index in [1.54, 1.807) is 18.2 Å². The number of carbonyl (C=O) groups excluding carboxylic acids is 3. The van der Waals surface area contributed by atoms with Crippen LogP contribution in [0.3, 0.4) is 0 Å². The van der Waals surface area contributed by atoms with Gasteiger partial charge in [-0.2, -0.15) is 0 Å². The molecule has 6 heteroatoms. The highest BCUT2D eigenvalue weighted by Gasteiger charge is 2.29. The smallest absolute Gasteiger partial charge is 0.337 e. The van der Waals surface area contributed by atoms with Gasteiger partial charge in [0.1, 0.15) is 6.04 Å². The van der Waals surface area contributed by atoms with E-state index in [1.807, 2.05) is 0 Å². The van der Waals surface area contributed by atoms with Gasteiger partial charge in [0.2, 0.25) is 5.91 Å². The Morgan fingerprint density at radius 3 is 2.57 bits per heavy atom. The van der Waals surface area contributed by atoms with E-state index in [-0.39, 0.29) is 5.56 Å². The maximum atomic E-state index is 12.2. The third kappa shape index (κ3) is 4.05. The first kappa shape index (κ1) is 15.0. The minimum atomic E-state index is -0.674. The highest BCUT2D eigenvalue weighted by atomic mass is 16.5. The molecule has 1 atom stereocenters. The molecule has 0 heterocycles.